The van der Waals surface area contributed by atoms with Crippen LogP contribution in [-0.2, 0) is 4.79 Å². The summed E-state index contributed by atoms with van der Waals surface area (Å²) in [4.78, 5) is 11.5. The fourth-order valence-electron chi connectivity index (χ4n) is 0.969. The predicted molar refractivity (Wildman–Crippen MR) is 55.3 cm³/mol. The molecular weight excluding hydrogens is 164 g/mol. The van der Waals surface area contributed by atoms with Crippen LogP contribution >= 0.6 is 0 Å². The summed E-state index contributed by atoms with van der Waals surface area (Å²) in [7, 11) is 0. The summed E-state index contributed by atoms with van der Waals surface area (Å²) in [6.07, 6.45) is 0.487. The standard InChI is InChI=1S/C10H22N2O/c1-9(2,3)12-8(13)6-10(4,5)7-11/h6-7,11H2,1-5H3,(H,12,13). The summed E-state index contributed by atoms with van der Waals surface area (Å²) < 4.78 is 0. The highest BCUT2D eigenvalue weighted by molar-refractivity contribution is 5.77. The molecule has 0 saturated carbocycles. The largest absolute Gasteiger partial charge is 0.351 e. The first-order valence-corrected chi connectivity index (χ1v) is 4.67. The van der Waals surface area contributed by atoms with Crippen LogP contribution in [0.1, 0.15) is 41.0 Å². The van der Waals surface area contributed by atoms with E-state index in [1.807, 2.05) is 34.6 Å². The molecule has 0 aromatic carbocycles. The molecule has 0 spiro atoms. The summed E-state index contributed by atoms with van der Waals surface area (Å²) in [6, 6.07) is 0. The van der Waals surface area contributed by atoms with E-state index < -0.39 is 0 Å². The number of rotatable bonds is 3. The van der Waals surface area contributed by atoms with Crippen molar-refractivity contribution in [3.8, 4) is 0 Å². The fraction of sp³-hybridized carbons (Fsp3) is 0.900. The van der Waals surface area contributed by atoms with Crippen LogP contribution in [0, 0.1) is 5.41 Å². The zero-order chi connectivity index (χ0) is 10.7. The summed E-state index contributed by atoms with van der Waals surface area (Å²) in [5.74, 6) is 0.0722. The Morgan fingerprint density at radius 3 is 2.00 bits per heavy atom. The first kappa shape index (κ1) is 12.4. The third kappa shape index (κ3) is 6.58. The SMILES string of the molecule is CC(C)(CN)CC(=O)NC(C)(C)C. The fourth-order valence-corrected chi connectivity index (χ4v) is 0.969. The summed E-state index contributed by atoms with van der Waals surface area (Å²) >= 11 is 0. The van der Waals surface area contributed by atoms with Crippen molar-refractivity contribution in [2.24, 2.45) is 11.1 Å². The first-order valence-electron chi connectivity index (χ1n) is 4.67. The van der Waals surface area contributed by atoms with E-state index >= 15 is 0 Å². The molecular formula is C10H22N2O. The maximum Gasteiger partial charge on any atom is 0.220 e. The molecule has 0 aliphatic rings. The normalized spacial score (nSPS) is 12.8. The average Bonchev–Trinajstić information content (AvgIpc) is 1.81. The number of carbonyl (C=O) groups is 1. The van der Waals surface area contributed by atoms with Gasteiger partial charge in [0.2, 0.25) is 5.91 Å². The third-order valence-corrected chi connectivity index (χ3v) is 1.71. The van der Waals surface area contributed by atoms with Crippen LogP contribution in [0.3, 0.4) is 0 Å². The second-order valence-corrected chi connectivity index (χ2v) is 5.34. The van der Waals surface area contributed by atoms with Gasteiger partial charge in [-0.25, -0.2) is 0 Å². The van der Waals surface area contributed by atoms with Crippen LogP contribution in [-0.4, -0.2) is 18.0 Å². The smallest absolute Gasteiger partial charge is 0.220 e. The molecule has 0 atom stereocenters. The second kappa shape index (κ2) is 4.09. The van der Waals surface area contributed by atoms with E-state index in [4.69, 9.17) is 5.73 Å². The van der Waals surface area contributed by atoms with Gasteiger partial charge in [-0.2, -0.15) is 0 Å². The van der Waals surface area contributed by atoms with E-state index in [2.05, 4.69) is 5.32 Å². The van der Waals surface area contributed by atoms with Crippen molar-refractivity contribution in [2.75, 3.05) is 6.54 Å². The zero-order valence-corrected chi connectivity index (χ0v) is 9.40. The van der Waals surface area contributed by atoms with Gasteiger partial charge in [-0.1, -0.05) is 13.8 Å². The van der Waals surface area contributed by atoms with Gasteiger partial charge in [0.15, 0.2) is 0 Å². The minimum atomic E-state index is -0.151. The van der Waals surface area contributed by atoms with Crippen LogP contribution in [0.5, 0.6) is 0 Å². The number of carbonyl (C=O) groups excluding carboxylic acids is 1. The molecule has 0 aliphatic heterocycles. The molecule has 78 valence electrons. The van der Waals surface area contributed by atoms with E-state index in [0.29, 0.717) is 13.0 Å². The number of nitrogens with one attached hydrogen (secondary N) is 1. The van der Waals surface area contributed by atoms with Crippen LogP contribution in [0.4, 0.5) is 0 Å². The Labute approximate surface area is 81.1 Å². The van der Waals surface area contributed by atoms with Gasteiger partial charge in [0, 0.05) is 12.0 Å². The molecule has 0 unspecified atom stereocenters. The third-order valence-electron chi connectivity index (χ3n) is 1.71. The van der Waals surface area contributed by atoms with E-state index in [1.54, 1.807) is 0 Å². The molecule has 0 aromatic heterocycles. The van der Waals surface area contributed by atoms with E-state index in [-0.39, 0.29) is 16.9 Å². The van der Waals surface area contributed by atoms with Crippen molar-refractivity contribution in [1.29, 1.82) is 0 Å². The molecule has 0 bridgehead atoms. The Bertz CT molecular complexity index is 180. The van der Waals surface area contributed by atoms with Gasteiger partial charge < -0.3 is 11.1 Å². The van der Waals surface area contributed by atoms with Crippen molar-refractivity contribution in [1.82, 2.24) is 5.32 Å². The molecule has 0 rings (SSSR count). The second-order valence-electron chi connectivity index (χ2n) is 5.34. The highest BCUT2D eigenvalue weighted by atomic mass is 16.1. The number of nitrogens with two attached hydrogens (primary N) is 1. The average molecular weight is 186 g/mol. The van der Waals surface area contributed by atoms with Crippen LogP contribution in [0.25, 0.3) is 0 Å². The lowest BCUT2D eigenvalue weighted by Gasteiger charge is -2.26. The van der Waals surface area contributed by atoms with Crippen LogP contribution in [0.2, 0.25) is 0 Å². The quantitative estimate of drug-likeness (QED) is 0.697. The Morgan fingerprint density at radius 1 is 1.23 bits per heavy atom. The van der Waals surface area contributed by atoms with Gasteiger partial charge >= 0.3 is 0 Å². The minimum absolute atomic E-state index is 0.0722. The van der Waals surface area contributed by atoms with Gasteiger partial charge in [0.05, 0.1) is 0 Å². The molecule has 13 heavy (non-hydrogen) atoms. The molecule has 0 fully saturated rings. The van der Waals surface area contributed by atoms with Gasteiger partial charge in [0.1, 0.15) is 0 Å². The maximum atomic E-state index is 11.5. The molecule has 0 radical (unpaired) electrons. The van der Waals surface area contributed by atoms with Crippen molar-refractivity contribution >= 4 is 5.91 Å². The monoisotopic (exact) mass is 186 g/mol. The van der Waals surface area contributed by atoms with Gasteiger partial charge in [0.25, 0.3) is 0 Å². The van der Waals surface area contributed by atoms with Crippen molar-refractivity contribution in [3.05, 3.63) is 0 Å². The van der Waals surface area contributed by atoms with Crippen LogP contribution < -0.4 is 11.1 Å². The minimum Gasteiger partial charge on any atom is -0.351 e. The Balaban J connectivity index is 4.03. The summed E-state index contributed by atoms with van der Waals surface area (Å²) in [5.41, 5.74) is 5.29. The topological polar surface area (TPSA) is 55.1 Å². The molecule has 3 heteroatoms. The van der Waals surface area contributed by atoms with E-state index in [1.165, 1.54) is 0 Å². The molecule has 3 nitrogen and oxygen atoms in total. The molecule has 1 amide bonds. The lowest BCUT2D eigenvalue weighted by Crippen LogP contribution is -2.43. The van der Waals surface area contributed by atoms with Crippen molar-refractivity contribution in [3.63, 3.8) is 0 Å². The Kier molecular flexibility index (Phi) is 3.91. The lowest BCUT2D eigenvalue weighted by molar-refractivity contribution is -0.124. The lowest BCUT2D eigenvalue weighted by atomic mass is 9.89. The Hall–Kier alpha value is -0.570. The van der Waals surface area contributed by atoms with Crippen molar-refractivity contribution < 1.29 is 4.79 Å². The predicted octanol–water partition coefficient (Wildman–Crippen LogP) is 1.28. The van der Waals surface area contributed by atoms with E-state index in [9.17, 15) is 4.79 Å². The highest BCUT2D eigenvalue weighted by Gasteiger charge is 2.22. The number of hydrogen-bond donors (Lipinski definition) is 2. The van der Waals surface area contributed by atoms with Gasteiger partial charge in [-0.15, -0.1) is 0 Å². The Morgan fingerprint density at radius 2 is 1.69 bits per heavy atom. The maximum absolute atomic E-state index is 11.5. The number of amides is 1. The highest BCUT2D eigenvalue weighted by Crippen LogP contribution is 2.18. The van der Waals surface area contributed by atoms with Crippen molar-refractivity contribution in [2.45, 2.75) is 46.6 Å². The molecule has 3 N–H and O–H groups in total. The molecule has 0 aromatic rings. The van der Waals surface area contributed by atoms with E-state index in [0.717, 1.165) is 0 Å². The zero-order valence-electron chi connectivity index (χ0n) is 9.40. The summed E-state index contributed by atoms with van der Waals surface area (Å²) in [6.45, 7) is 10.4. The van der Waals surface area contributed by atoms with Gasteiger partial charge in [-0.3, -0.25) is 4.79 Å². The first-order chi connectivity index (χ1) is 5.66. The van der Waals surface area contributed by atoms with Crippen LogP contribution in [0.15, 0.2) is 0 Å². The molecule has 0 saturated heterocycles. The summed E-state index contributed by atoms with van der Waals surface area (Å²) in [5, 5.41) is 2.92. The number of hydrogen-bond acceptors (Lipinski definition) is 2. The molecule has 0 aliphatic carbocycles. The molecule has 0 heterocycles. The van der Waals surface area contributed by atoms with Gasteiger partial charge in [-0.05, 0) is 32.7 Å².